The van der Waals surface area contributed by atoms with Crippen molar-refractivity contribution in [3.8, 4) is 0 Å². The molecule has 4 nitrogen and oxygen atoms in total. The third-order valence-corrected chi connectivity index (χ3v) is 2.17. The van der Waals surface area contributed by atoms with Crippen LogP contribution in [0.25, 0.3) is 0 Å². The van der Waals surface area contributed by atoms with Crippen LogP contribution in [0.1, 0.15) is 37.4 Å². The van der Waals surface area contributed by atoms with E-state index in [-0.39, 0.29) is 0 Å². The van der Waals surface area contributed by atoms with Crippen molar-refractivity contribution in [3.05, 3.63) is 23.5 Å². The minimum Gasteiger partial charge on any atom is -0.481 e. The molecule has 0 aliphatic heterocycles. The van der Waals surface area contributed by atoms with Gasteiger partial charge in [0.15, 0.2) is 0 Å². The van der Waals surface area contributed by atoms with Gasteiger partial charge in [0, 0.05) is 0 Å². The molecule has 82 valence electrons. The average molecular weight is 208 g/mol. The Labute approximate surface area is 89.3 Å². The fourth-order valence-electron chi connectivity index (χ4n) is 1.48. The van der Waals surface area contributed by atoms with Crippen molar-refractivity contribution in [2.75, 3.05) is 0 Å². The lowest BCUT2D eigenvalue weighted by atomic mass is 9.93. The van der Waals surface area contributed by atoms with Crippen LogP contribution in [0.2, 0.25) is 0 Å². The van der Waals surface area contributed by atoms with Crippen molar-refractivity contribution in [3.63, 3.8) is 0 Å². The molecule has 0 bridgehead atoms. The van der Waals surface area contributed by atoms with Gasteiger partial charge in [-0.3, -0.25) is 4.79 Å². The molecule has 1 aromatic heterocycles. The van der Waals surface area contributed by atoms with Crippen molar-refractivity contribution < 1.29 is 9.90 Å². The number of aromatic nitrogens is 2. The molecule has 0 aliphatic carbocycles. The fraction of sp³-hybridized carbons (Fsp3) is 0.545. The van der Waals surface area contributed by atoms with Gasteiger partial charge in [-0.05, 0) is 30.9 Å². The van der Waals surface area contributed by atoms with Gasteiger partial charge in [-0.25, -0.2) is 0 Å². The predicted molar refractivity (Wildman–Crippen MR) is 56.6 cm³/mol. The van der Waals surface area contributed by atoms with E-state index < -0.39 is 11.9 Å². The molecular weight excluding hydrogens is 192 g/mol. The lowest BCUT2D eigenvalue weighted by Crippen LogP contribution is -2.16. The third kappa shape index (κ3) is 3.31. The first kappa shape index (κ1) is 11.6. The Balaban J connectivity index is 2.94. The van der Waals surface area contributed by atoms with E-state index in [0.717, 1.165) is 5.56 Å². The molecule has 0 saturated carbocycles. The van der Waals surface area contributed by atoms with Crippen molar-refractivity contribution in [2.24, 2.45) is 5.92 Å². The molecule has 1 unspecified atom stereocenters. The second-order valence-electron chi connectivity index (χ2n) is 4.18. The molecule has 15 heavy (non-hydrogen) atoms. The summed E-state index contributed by atoms with van der Waals surface area (Å²) in [7, 11) is 0. The highest BCUT2D eigenvalue weighted by atomic mass is 16.4. The number of carbonyl (C=O) groups is 1. The summed E-state index contributed by atoms with van der Waals surface area (Å²) in [6, 6.07) is 1.79. The quantitative estimate of drug-likeness (QED) is 0.822. The molecule has 0 radical (unpaired) electrons. The van der Waals surface area contributed by atoms with Crippen LogP contribution in [-0.2, 0) is 4.79 Å². The van der Waals surface area contributed by atoms with Crippen molar-refractivity contribution in [2.45, 2.75) is 33.1 Å². The number of aryl methyl sites for hydroxylation is 1. The number of nitrogens with zero attached hydrogens (tertiary/aromatic N) is 2. The number of aliphatic carboxylic acids is 1. The van der Waals surface area contributed by atoms with E-state index in [1.54, 1.807) is 12.3 Å². The van der Waals surface area contributed by atoms with Crippen LogP contribution < -0.4 is 0 Å². The van der Waals surface area contributed by atoms with Gasteiger partial charge in [0.25, 0.3) is 0 Å². The molecule has 1 heterocycles. The van der Waals surface area contributed by atoms with E-state index in [4.69, 9.17) is 5.11 Å². The van der Waals surface area contributed by atoms with E-state index in [1.165, 1.54) is 0 Å². The predicted octanol–water partition coefficient (Wildman–Crippen LogP) is 2.00. The summed E-state index contributed by atoms with van der Waals surface area (Å²) < 4.78 is 0. The maximum absolute atomic E-state index is 11.1. The summed E-state index contributed by atoms with van der Waals surface area (Å²) in [5.74, 6) is -1.05. The fourth-order valence-corrected chi connectivity index (χ4v) is 1.48. The Morgan fingerprint density at radius 3 is 2.67 bits per heavy atom. The van der Waals surface area contributed by atoms with E-state index in [2.05, 4.69) is 10.2 Å². The van der Waals surface area contributed by atoms with Gasteiger partial charge in [0.05, 0.1) is 11.9 Å². The highest BCUT2D eigenvalue weighted by Crippen LogP contribution is 2.22. The molecule has 0 saturated heterocycles. The first-order chi connectivity index (χ1) is 7.00. The smallest absolute Gasteiger partial charge is 0.312 e. The normalized spacial score (nSPS) is 12.8. The molecule has 1 aromatic rings. The summed E-state index contributed by atoms with van der Waals surface area (Å²) in [6.07, 6.45) is 2.21. The summed E-state index contributed by atoms with van der Waals surface area (Å²) in [4.78, 5) is 11.1. The largest absolute Gasteiger partial charge is 0.481 e. The van der Waals surface area contributed by atoms with Gasteiger partial charge in [0.1, 0.15) is 5.92 Å². The molecule has 1 atom stereocenters. The average Bonchev–Trinajstić information content (AvgIpc) is 2.13. The Bertz CT molecular complexity index is 350. The summed E-state index contributed by atoms with van der Waals surface area (Å²) in [5.41, 5.74) is 1.49. The zero-order valence-corrected chi connectivity index (χ0v) is 9.27. The maximum Gasteiger partial charge on any atom is 0.312 e. The third-order valence-electron chi connectivity index (χ3n) is 2.17. The van der Waals surface area contributed by atoms with Gasteiger partial charge in [-0.2, -0.15) is 10.2 Å². The number of carboxylic acid groups (broad SMARTS) is 1. The minimum absolute atomic E-state index is 0.327. The summed E-state index contributed by atoms with van der Waals surface area (Å²) in [5, 5.41) is 16.8. The van der Waals surface area contributed by atoms with Crippen LogP contribution in [0.5, 0.6) is 0 Å². The summed E-state index contributed by atoms with van der Waals surface area (Å²) in [6.45, 7) is 5.88. The number of rotatable bonds is 4. The molecule has 0 aliphatic rings. The van der Waals surface area contributed by atoms with Gasteiger partial charge in [-0.1, -0.05) is 13.8 Å². The Hall–Kier alpha value is -1.45. The Morgan fingerprint density at radius 2 is 2.20 bits per heavy atom. The van der Waals surface area contributed by atoms with Crippen molar-refractivity contribution >= 4 is 5.97 Å². The van der Waals surface area contributed by atoms with Crippen LogP contribution in [0.3, 0.4) is 0 Å². The Kier molecular flexibility index (Phi) is 3.77. The molecule has 0 amide bonds. The Morgan fingerprint density at radius 1 is 1.53 bits per heavy atom. The molecule has 1 rings (SSSR count). The summed E-state index contributed by atoms with van der Waals surface area (Å²) >= 11 is 0. The van der Waals surface area contributed by atoms with Gasteiger partial charge >= 0.3 is 5.97 Å². The van der Waals surface area contributed by atoms with Crippen molar-refractivity contribution in [1.82, 2.24) is 10.2 Å². The topological polar surface area (TPSA) is 63.1 Å². The molecular formula is C11H16N2O2. The van der Waals surface area contributed by atoms with Crippen LogP contribution in [-0.4, -0.2) is 21.3 Å². The molecule has 0 fully saturated rings. The van der Waals surface area contributed by atoms with E-state index in [0.29, 0.717) is 18.0 Å². The van der Waals surface area contributed by atoms with E-state index in [1.807, 2.05) is 20.8 Å². The standard InChI is InChI=1S/C11H16N2O2/c1-7(2)4-9(11(14)15)10-5-8(3)6-12-13-10/h5-7,9H,4H2,1-3H3,(H,14,15). The molecule has 4 heteroatoms. The lowest BCUT2D eigenvalue weighted by molar-refractivity contribution is -0.139. The monoisotopic (exact) mass is 208 g/mol. The van der Waals surface area contributed by atoms with Crippen LogP contribution in [0.4, 0.5) is 0 Å². The minimum atomic E-state index is -0.830. The first-order valence-electron chi connectivity index (χ1n) is 5.02. The zero-order chi connectivity index (χ0) is 11.4. The molecule has 0 aromatic carbocycles. The van der Waals surface area contributed by atoms with Gasteiger partial charge < -0.3 is 5.11 Å². The highest BCUT2D eigenvalue weighted by molar-refractivity contribution is 5.75. The lowest BCUT2D eigenvalue weighted by Gasteiger charge is -2.13. The number of carboxylic acids is 1. The second-order valence-corrected chi connectivity index (χ2v) is 4.18. The molecule has 0 spiro atoms. The number of hydrogen-bond acceptors (Lipinski definition) is 3. The number of hydrogen-bond donors (Lipinski definition) is 1. The van der Waals surface area contributed by atoms with Crippen LogP contribution in [0.15, 0.2) is 12.3 Å². The van der Waals surface area contributed by atoms with E-state index >= 15 is 0 Å². The first-order valence-corrected chi connectivity index (χ1v) is 5.02. The second kappa shape index (κ2) is 4.87. The van der Waals surface area contributed by atoms with Gasteiger partial charge in [0.2, 0.25) is 0 Å². The highest BCUT2D eigenvalue weighted by Gasteiger charge is 2.22. The van der Waals surface area contributed by atoms with Crippen LogP contribution >= 0.6 is 0 Å². The zero-order valence-electron chi connectivity index (χ0n) is 9.27. The van der Waals surface area contributed by atoms with E-state index in [9.17, 15) is 4.79 Å². The van der Waals surface area contributed by atoms with Crippen LogP contribution in [0, 0.1) is 12.8 Å². The molecule has 1 N–H and O–H groups in total. The van der Waals surface area contributed by atoms with Crippen molar-refractivity contribution in [1.29, 1.82) is 0 Å². The SMILES string of the molecule is Cc1cnnc(C(CC(C)C)C(=O)O)c1. The maximum atomic E-state index is 11.1. The van der Waals surface area contributed by atoms with Gasteiger partial charge in [-0.15, -0.1) is 0 Å².